The number of Topliss-reactive ketones (excluding diaryl/α,β-unsaturated/α-hetero) is 1. The number of carbonyl (C=O) groups is 1. The molecular formula is C15H17NO5S3. The summed E-state index contributed by atoms with van der Waals surface area (Å²) < 4.78 is 38.1. The highest BCUT2D eigenvalue weighted by Gasteiger charge is 2.37. The first-order valence-corrected chi connectivity index (χ1v) is 10.5. The van der Waals surface area contributed by atoms with E-state index in [0.29, 0.717) is 17.2 Å². The van der Waals surface area contributed by atoms with Gasteiger partial charge in [0.15, 0.2) is 9.99 Å². The molecule has 2 aromatic heterocycles. The number of ketones is 1. The molecule has 0 aliphatic carbocycles. The van der Waals surface area contributed by atoms with Crippen LogP contribution in [0.5, 0.6) is 5.75 Å². The van der Waals surface area contributed by atoms with Crippen molar-refractivity contribution in [3.63, 3.8) is 0 Å². The van der Waals surface area contributed by atoms with E-state index in [1.54, 1.807) is 23.6 Å². The lowest BCUT2D eigenvalue weighted by Gasteiger charge is -2.33. The molecule has 0 saturated carbocycles. The van der Waals surface area contributed by atoms with E-state index in [-0.39, 0.29) is 29.6 Å². The monoisotopic (exact) mass is 387 g/mol. The Bertz CT molecular complexity index is 797. The molecule has 0 aromatic carbocycles. The van der Waals surface area contributed by atoms with Crippen LogP contribution in [-0.2, 0) is 14.8 Å². The van der Waals surface area contributed by atoms with Gasteiger partial charge in [-0.25, -0.2) is 8.42 Å². The van der Waals surface area contributed by atoms with Crippen molar-refractivity contribution in [3.05, 3.63) is 33.8 Å². The molecule has 1 aliphatic rings. The van der Waals surface area contributed by atoms with Gasteiger partial charge in [-0.15, -0.1) is 22.7 Å². The maximum absolute atomic E-state index is 13.0. The summed E-state index contributed by atoms with van der Waals surface area (Å²) in [7, 11) is -2.28. The lowest BCUT2D eigenvalue weighted by molar-refractivity contribution is 0.0294. The SMILES string of the molecule is COc1ccsc1S(=O)(=O)N1CCOC[C@@H]1CC(=O)c1cccs1. The van der Waals surface area contributed by atoms with Gasteiger partial charge in [0.05, 0.1) is 31.2 Å². The van der Waals surface area contributed by atoms with Gasteiger partial charge in [0.1, 0.15) is 5.75 Å². The molecule has 1 aliphatic heterocycles. The van der Waals surface area contributed by atoms with Crippen molar-refractivity contribution in [1.82, 2.24) is 4.31 Å². The Labute approximate surface area is 148 Å². The number of rotatable bonds is 6. The van der Waals surface area contributed by atoms with Gasteiger partial charge >= 0.3 is 0 Å². The number of morpholine rings is 1. The van der Waals surface area contributed by atoms with Gasteiger partial charge in [-0.2, -0.15) is 4.31 Å². The minimum Gasteiger partial charge on any atom is -0.494 e. The third-order valence-corrected chi connectivity index (χ3v) is 8.04. The second-order valence-electron chi connectivity index (χ2n) is 5.23. The van der Waals surface area contributed by atoms with Gasteiger partial charge in [-0.3, -0.25) is 4.79 Å². The van der Waals surface area contributed by atoms with Crippen molar-refractivity contribution in [2.75, 3.05) is 26.9 Å². The van der Waals surface area contributed by atoms with Gasteiger partial charge in [0, 0.05) is 13.0 Å². The molecule has 1 saturated heterocycles. The summed E-state index contributed by atoms with van der Waals surface area (Å²) in [5, 5.41) is 3.51. The van der Waals surface area contributed by atoms with E-state index in [2.05, 4.69) is 0 Å². The second-order valence-corrected chi connectivity index (χ2v) is 9.18. The Morgan fingerprint density at radius 2 is 2.21 bits per heavy atom. The Morgan fingerprint density at radius 1 is 1.38 bits per heavy atom. The molecule has 0 radical (unpaired) electrons. The third kappa shape index (κ3) is 3.40. The molecule has 9 heteroatoms. The average molecular weight is 388 g/mol. The number of ether oxygens (including phenoxy) is 2. The highest BCUT2D eigenvalue weighted by Crippen LogP contribution is 2.34. The van der Waals surface area contributed by atoms with Gasteiger partial charge in [-0.05, 0) is 22.9 Å². The molecule has 1 fully saturated rings. The van der Waals surface area contributed by atoms with E-state index in [1.165, 1.54) is 22.8 Å². The zero-order valence-corrected chi connectivity index (χ0v) is 15.5. The number of methoxy groups -OCH3 is 1. The van der Waals surface area contributed by atoms with Gasteiger partial charge in [0.2, 0.25) is 0 Å². The molecule has 130 valence electrons. The molecule has 0 unspecified atom stereocenters. The van der Waals surface area contributed by atoms with Crippen LogP contribution in [0.15, 0.2) is 33.2 Å². The van der Waals surface area contributed by atoms with E-state index in [1.807, 2.05) is 5.38 Å². The minimum atomic E-state index is -3.73. The van der Waals surface area contributed by atoms with E-state index in [4.69, 9.17) is 9.47 Å². The first-order valence-electron chi connectivity index (χ1n) is 7.32. The number of nitrogens with zero attached hydrogens (tertiary/aromatic N) is 1. The molecule has 2 aromatic rings. The lowest BCUT2D eigenvalue weighted by atomic mass is 10.1. The number of hydrogen-bond acceptors (Lipinski definition) is 7. The molecule has 24 heavy (non-hydrogen) atoms. The predicted octanol–water partition coefficient (Wildman–Crippen LogP) is 2.48. The van der Waals surface area contributed by atoms with Crippen molar-refractivity contribution in [1.29, 1.82) is 0 Å². The van der Waals surface area contributed by atoms with Crippen LogP contribution in [0.4, 0.5) is 0 Å². The molecule has 0 bridgehead atoms. The van der Waals surface area contributed by atoms with E-state index in [9.17, 15) is 13.2 Å². The van der Waals surface area contributed by atoms with E-state index >= 15 is 0 Å². The molecule has 0 spiro atoms. The fourth-order valence-electron chi connectivity index (χ4n) is 2.60. The van der Waals surface area contributed by atoms with Crippen LogP contribution in [0, 0.1) is 0 Å². The molecule has 1 atom stereocenters. The topological polar surface area (TPSA) is 72.9 Å². The number of sulfonamides is 1. The highest BCUT2D eigenvalue weighted by atomic mass is 32.2. The summed E-state index contributed by atoms with van der Waals surface area (Å²) >= 11 is 2.47. The molecular weight excluding hydrogens is 370 g/mol. The third-order valence-electron chi connectivity index (χ3n) is 3.75. The van der Waals surface area contributed by atoms with Gasteiger partial charge in [0.25, 0.3) is 10.0 Å². The summed E-state index contributed by atoms with van der Waals surface area (Å²) in [5.74, 6) is 0.258. The molecule has 3 heterocycles. The Morgan fingerprint density at radius 3 is 2.92 bits per heavy atom. The molecule has 0 N–H and O–H groups in total. The van der Waals surface area contributed by atoms with Crippen LogP contribution in [0.1, 0.15) is 16.1 Å². The zero-order chi connectivity index (χ0) is 17.2. The lowest BCUT2D eigenvalue weighted by Crippen LogP contribution is -2.49. The molecule has 3 rings (SSSR count). The van der Waals surface area contributed by atoms with Crippen LogP contribution >= 0.6 is 22.7 Å². The minimum absolute atomic E-state index is 0.0705. The van der Waals surface area contributed by atoms with E-state index < -0.39 is 16.1 Å². The summed E-state index contributed by atoms with van der Waals surface area (Å²) in [4.78, 5) is 13.0. The zero-order valence-electron chi connectivity index (χ0n) is 13.0. The van der Waals surface area contributed by atoms with Crippen LogP contribution in [0.3, 0.4) is 0 Å². The number of thiophene rings is 2. The number of carbonyl (C=O) groups excluding carboxylic acids is 1. The Balaban J connectivity index is 1.85. The van der Waals surface area contributed by atoms with Crippen molar-refractivity contribution < 1.29 is 22.7 Å². The van der Waals surface area contributed by atoms with Crippen LogP contribution in [-0.4, -0.2) is 51.4 Å². The fourth-order valence-corrected chi connectivity index (χ4v) is 6.26. The van der Waals surface area contributed by atoms with Crippen LogP contribution in [0.2, 0.25) is 0 Å². The maximum Gasteiger partial charge on any atom is 0.256 e. The standard InChI is InChI=1S/C15H17NO5S3/c1-20-13-4-8-23-15(13)24(18,19)16-5-6-21-10-11(16)9-12(17)14-3-2-7-22-14/h2-4,7-8,11H,5-6,9-10H2,1H3/t11-/m0/s1. The first kappa shape index (κ1) is 17.6. The summed E-state index contributed by atoms with van der Waals surface area (Å²) in [6.07, 6.45) is 0.105. The molecule has 0 amide bonds. The fraction of sp³-hybridized carbons (Fsp3) is 0.400. The normalized spacial score (nSPS) is 19.3. The Hall–Kier alpha value is -1.26. The number of hydrogen-bond donors (Lipinski definition) is 0. The molecule has 6 nitrogen and oxygen atoms in total. The van der Waals surface area contributed by atoms with Crippen molar-refractivity contribution in [2.24, 2.45) is 0 Å². The predicted molar refractivity (Wildman–Crippen MR) is 92.6 cm³/mol. The van der Waals surface area contributed by atoms with Crippen molar-refractivity contribution in [2.45, 2.75) is 16.7 Å². The maximum atomic E-state index is 13.0. The highest BCUT2D eigenvalue weighted by molar-refractivity contribution is 7.91. The van der Waals surface area contributed by atoms with E-state index in [0.717, 1.165) is 11.3 Å². The quantitative estimate of drug-likeness (QED) is 0.712. The van der Waals surface area contributed by atoms with Crippen LogP contribution in [0.25, 0.3) is 0 Å². The smallest absolute Gasteiger partial charge is 0.256 e. The summed E-state index contributed by atoms with van der Waals surface area (Å²) in [6, 6.07) is 4.67. The summed E-state index contributed by atoms with van der Waals surface area (Å²) in [6.45, 7) is 0.756. The average Bonchev–Trinajstić information content (AvgIpc) is 3.26. The van der Waals surface area contributed by atoms with Crippen molar-refractivity contribution in [3.8, 4) is 5.75 Å². The van der Waals surface area contributed by atoms with Crippen molar-refractivity contribution >= 4 is 38.5 Å². The second kappa shape index (κ2) is 7.32. The summed E-state index contributed by atoms with van der Waals surface area (Å²) in [5.41, 5.74) is 0. The first-order chi connectivity index (χ1) is 11.5. The van der Waals surface area contributed by atoms with Gasteiger partial charge < -0.3 is 9.47 Å². The van der Waals surface area contributed by atoms with Gasteiger partial charge in [-0.1, -0.05) is 6.07 Å². The van der Waals surface area contributed by atoms with Crippen LogP contribution < -0.4 is 4.74 Å². The Kier molecular flexibility index (Phi) is 5.36. The largest absolute Gasteiger partial charge is 0.494 e.